The Labute approximate surface area is 230 Å². The molecule has 0 radical (unpaired) electrons. The fourth-order valence-electron chi connectivity index (χ4n) is 5.30. The van der Waals surface area contributed by atoms with Gasteiger partial charge in [0.25, 0.3) is 0 Å². The van der Waals surface area contributed by atoms with Gasteiger partial charge in [-0.1, -0.05) is 0 Å². The molecule has 0 amide bonds. The zero-order chi connectivity index (χ0) is 28.6. The number of hydrogen-bond acceptors (Lipinski definition) is 8. The van der Waals surface area contributed by atoms with E-state index in [-0.39, 0.29) is 24.5 Å². The van der Waals surface area contributed by atoms with Crippen LogP contribution in [0.2, 0.25) is 0 Å². The lowest BCUT2D eigenvalue weighted by molar-refractivity contribution is 0.178. The second-order valence-corrected chi connectivity index (χ2v) is 11.7. The van der Waals surface area contributed by atoms with Crippen LogP contribution in [-0.4, -0.2) is 75.3 Å². The SMILES string of the molecule is COc1ccc(OC)c2c1CCC(Oc1c(N3CCN(S(C)(=O)=O)CC3)cnn(-c3cc(F)cc(F)c3)c1=O)C2. The standard InChI is InChI=1S/C27H30F2N4O6S/c1-37-24-6-7-25(38-2)22-15-20(4-5-21(22)24)39-26-23(31-8-10-32(11-9-31)40(3,35)36)16-30-33(27(26)34)19-13-17(28)12-18(29)14-19/h6-7,12-14,16,20H,4-5,8-11,15H2,1-3H3. The largest absolute Gasteiger partial charge is 0.496 e. The third-order valence-corrected chi connectivity index (χ3v) is 8.58. The van der Waals surface area contributed by atoms with Gasteiger partial charge in [-0.25, -0.2) is 17.2 Å². The first-order valence-corrected chi connectivity index (χ1v) is 14.6. The zero-order valence-electron chi connectivity index (χ0n) is 22.4. The number of benzene rings is 2. The quantitative estimate of drug-likeness (QED) is 0.423. The molecular weight excluding hydrogens is 546 g/mol. The van der Waals surface area contributed by atoms with Crippen LogP contribution in [0.3, 0.4) is 0 Å². The Balaban J connectivity index is 1.53. The molecule has 2 aromatic carbocycles. The number of rotatable bonds is 7. The van der Waals surface area contributed by atoms with Crippen LogP contribution in [0, 0.1) is 11.6 Å². The summed E-state index contributed by atoms with van der Waals surface area (Å²) < 4.78 is 71.8. The second kappa shape index (κ2) is 11.0. The maximum Gasteiger partial charge on any atom is 0.316 e. The number of methoxy groups -OCH3 is 2. The van der Waals surface area contributed by atoms with Crippen molar-refractivity contribution in [3.8, 4) is 22.9 Å². The number of ether oxygens (including phenoxy) is 3. The summed E-state index contributed by atoms with van der Waals surface area (Å²) in [4.78, 5) is 15.6. The fourth-order valence-corrected chi connectivity index (χ4v) is 6.13. The van der Waals surface area contributed by atoms with Gasteiger partial charge in [0.1, 0.15) is 34.9 Å². The lowest BCUT2D eigenvalue weighted by atomic mass is 9.88. The third-order valence-electron chi connectivity index (χ3n) is 7.27. The molecule has 5 rings (SSSR count). The molecular formula is C27H30F2N4O6S. The minimum Gasteiger partial charge on any atom is -0.496 e. The molecule has 1 aliphatic carbocycles. The molecule has 1 saturated heterocycles. The van der Waals surface area contributed by atoms with Crippen molar-refractivity contribution in [2.75, 3.05) is 51.6 Å². The van der Waals surface area contributed by atoms with Gasteiger partial charge < -0.3 is 19.1 Å². The highest BCUT2D eigenvalue weighted by Crippen LogP contribution is 2.38. The van der Waals surface area contributed by atoms with Crippen molar-refractivity contribution in [2.24, 2.45) is 0 Å². The predicted molar refractivity (Wildman–Crippen MR) is 144 cm³/mol. The Morgan fingerprint density at radius 2 is 1.57 bits per heavy atom. The van der Waals surface area contributed by atoms with Gasteiger partial charge in [0.05, 0.1) is 32.4 Å². The molecule has 3 aromatic rings. The van der Waals surface area contributed by atoms with Crippen molar-refractivity contribution < 1.29 is 31.4 Å². The lowest BCUT2D eigenvalue weighted by Gasteiger charge is -2.36. The average molecular weight is 577 g/mol. The third kappa shape index (κ3) is 5.48. The molecule has 1 fully saturated rings. The van der Waals surface area contributed by atoms with Crippen molar-refractivity contribution in [2.45, 2.75) is 25.4 Å². The van der Waals surface area contributed by atoms with Crippen LogP contribution in [0.15, 0.2) is 41.3 Å². The molecule has 40 heavy (non-hydrogen) atoms. The number of anilines is 1. The fraction of sp³-hybridized carbons (Fsp3) is 0.407. The van der Waals surface area contributed by atoms with Crippen LogP contribution < -0.4 is 24.7 Å². The maximum absolute atomic E-state index is 14.0. The number of nitrogens with zero attached hydrogens (tertiary/aromatic N) is 4. The molecule has 214 valence electrons. The molecule has 10 nitrogen and oxygen atoms in total. The summed E-state index contributed by atoms with van der Waals surface area (Å²) in [5.41, 5.74) is 1.55. The van der Waals surface area contributed by atoms with Crippen LogP contribution >= 0.6 is 0 Å². The van der Waals surface area contributed by atoms with Crippen molar-refractivity contribution >= 4 is 15.7 Å². The van der Waals surface area contributed by atoms with Crippen LogP contribution in [0.4, 0.5) is 14.5 Å². The smallest absolute Gasteiger partial charge is 0.316 e. The van der Waals surface area contributed by atoms with E-state index in [1.807, 2.05) is 17.0 Å². The summed E-state index contributed by atoms with van der Waals surface area (Å²) in [5.74, 6) is -0.293. The highest BCUT2D eigenvalue weighted by Gasteiger charge is 2.31. The minimum atomic E-state index is -3.36. The molecule has 1 aromatic heterocycles. The molecule has 1 atom stereocenters. The summed E-state index contributed by atoms with van der Waals surface area (Å²) in [6.07, 6.45) is 3.79. The van der Waals surface area contributed by atoms with Crippen molar-refractivity contribution in [3.05, 3.63) is 69.6 Å². The predicted octanol–water partition coefficient (Wildman–Crippen LogP) is 2.55. The van der Waals surface area contributed by atoms with Gasteiger partial charge in [0.15, 0.2) is 0 Å². The Bertz CT molecular complexity index is 1570. The van der Waals surface area contributed by atoms with Crippen molar-refractivity contribution in [1.29, 1.82) is 0 Å². The number of fused-ring (bicyclic) bond motifs is 1. The summed E-state index contributed by atoms with van der Waals surface area (Å²) in [5, 5.41) is 4.19. The van der Waals surface area contributed by atoms with Gasteiger partial charge in [-0.15, -0.1) is 0 Å². The second-order valence-electron chi connectivity index (χ2n) is 9.76. The normalized spacial score (nSPS) is 17.8. The van der Waals surface area contributed by atoms with E-state index >= 15 is 0 Å². The first kappa shape index (κ1) is 27.8. The van der Waals surface area contributed by atoms with E-state index in [0.717, 1.165) is 39.9 Å². The molecule has 0 saturated carbocycles. The topological polar surface area (TPSA) is 103 Å². The Kier molecular flexibility index (Phi) is 7.69. The lowest BCUT2D eigenvalue weighted by Crippen LogP contribution is -2.49. The number of halogens is 2. The van der Waals surface area contributed by atoms with E-state index in [2.05, 4.69) is 5.10 Å². The first-order valence-electron chi connectivity index (χ1n) is 12.8. The van der Waals surface area contributed by atoms with Gasteiger partial charge in [0.2, 0.25) is 15.8 Å². The molecule has 0 spiro atoms. The van der Waals surface area contributed by atoms with Crippen LogP contribution in [-0.2, 0) is 22.9 Å². The van der Waals surface area contributed by atoms with Gasteiger partial charge >= 0.3 is 5.56 Å². The van der Waals surface area contributed by atoms with Gasteiger partial charge in [-0.2, -0.15) is 14.1 Å². The van der Waals surface area contributed by atoms with Gasteiger partial charge in [-0.05, 0) is 37.1 Å². The highest BCUT2D eigenvalue weighted by molar-refractivity contribution is 7.88. The Morgan fingerprint density at radius 1 is 0.950 bits per heavy atom. The Morgan fingerprint density at radius 3 is 2.17 bits per heavy atom. The van der Waals surface area contributed by atoms with Crippen LogP contribution in [0.1, 0.15) is 17.5 Å². The minimum absolute atomic E-state index is 0.0252. The molecule has 0 N–H and O–H groups in total. The molecule has 13 heteroatoms. The monoisotopic (exact) mass is 576 g/mol. The first-order chi connectivity index (χ1) is 19.1. The molecule has 2 aliphatic rings. The summed E-state index contributed by atoms with van der Waals surface area (Å²) in [7, 11) is -0.173. The number of hydrogen-bond donors (Lipinski definition) is 0. The zero-order valence-corrected chi connectivity index (χ0v) is 23.2. The highest BCUT2D eigenvalue weighted by atomic mass is 32.2. The number of aromatic nitrogens is 2. The van der Waals surface area contributed by atoms with E-state index < -0.39 is 33.3 Å². The number of sulfonamides is 1. The molecule has 0 bridgehead atoms. The number of piperazine rings is 1. The molecule has 1 unspecified atom stereocenters. The molecule has 2 heterocycles. The summed E-state index contributed by atoms with van der Waals surface area (Å²) >= 11 is 0. The summed E-state index contributed by atoms with van der Waals surface area (Å²) in [6.45, 7) is 1.07. The van der Waals surface area contributed by atoms with E-state index in [4.69, 9.17) is 14.2 Å². The van der Waals surface area contributed by atoms with E-state index in [0.29, 0.717) is 49.9 Å². The Hall–Kier alpha value is -3.71. The van der Waals surface area contributed by atoms with Crippen molar-refractivity contribution in [3.63, 3.8) is 0 Å². The van der Waals surface area contributed by atoms with Crippen LogP contribution in [0.25, 0.3) is 5.69 Å². The maximum atomic E-state index is 14.0. The average Bonchev–Trinajstić information content (AvgIpc) is 2.92. The summed E-state index contributed by atoms with van der Waals surface area (Å²) in [6, 6.07) is 6.42. The van der Waals surface area contributed by atoms with Gasteiger partial charge in [-0.3, -0.25) is 4.79 Å². The van der Waals surface area contributed by atoms with E-state index in [1.54, 1.807) is 14.2 Å². The van der Waals surface area contributed by atoms with Crippen LogP contribution in [0.5, 0.6) is 17.2 Å². The van der Waals surface area contributed by atoms with Gasteiger partial charge in [0, 0.05) is 49.8 Å². The molecule has 1 aliphatic heterocycles. The van der Waals surface area contributed by atoms with E-state index in [9.17, 15) is 22.0 Å². The van der Waals surface area contributed by atoms with Crippen molar-refractivity contribution in [1.82, 2.24) is 14.1 Å². The van der Waals surface area contributed by atoms with E-state index in [1.165, 1.54) is 10.5 Å².